The van der Waals surface area contributed by atoms with E-state index in [0.717, 1.165) is 16.9 Å². The summed E-state index contributed by atoms with van der Waals surface area (Å²) in [6.45, 7) is 7.01. The Hall–Kier alpha value is -1.55. The summed E-state index contributed by atoms with van der Waals surface area (Å²) in [5.74, 6) is 0.150. The molecule has 0 amide bonds. The van der Waals surface area contributed by atoms with Crippen LogP contribution in [-0.4, -0.2) is 24.7 Å². The van der Waals surface area contributed by atoms with Crippen LogP contribution >= 0.6 is 0 Å². The largest absolute Gasteiger partial charge is 0.496 e. The first-order valence-electron chi connectivity index (χ1n) is 7.06. The van der Waals surface area contributed by atoms with Gasteiger partial charge in [0.05, 0.1) is 12.5 Å². The predicted octanol–water partition coefficient (Wildman–Crippen LogP) is 2.98. The van der Waals surface area contributed by atoms with E-state index in [1.807, 2.05) is 32.9 Å². The van der Waals surface area contributed by atoms with Crippen LogP contribution in [0.3, 0.4) is 0 Å². The number of aliphatic carboxylic acids is 1. The smallest absolute Gasteiger partial charge is 0.310 e. The molecule has 0 aliphatic carbocycles. The van der Waals surface area contributed by atoms with Gasteiger partial charge in [-0.15, -0.1) is 0 Å². The number of methoxy groups -OCH3 is 1. The van der Waals surface area contributed by atoms with E-state index in [1.54, 1.807) is 7.11 Å². The van der Waals surface area contributed by atoms with Gasteiger partial charge in [0.15, 0.2) is 0 Å². The van der Waals surface area contributed by atoms with Crippen molar-refractivity contribution in [2.45, 2.75) is 40.2 Å². The lowest BCUT2D eigenvalue weighted by Gasteiger charge is -2.27. The van der Waals surface area contributed by atoms with Crippen molar-refractivity contribution in [3.8, 4) is 5.75 Å². The van der Waals surface area contributed by atoms with Gasteiger partial charge in [-0.25, -0.2) is 0 Å². The van der Waals surface area contributed by atoms with Crippen molar-refractivity contribution in [2.24, 2.45) is 5.41 Å². The van der Waals surface area contributed by atoms with E-state index in [-0.39, 0.29) is 0 Å². The van der Waals surface area contributed by atoms with Crippen molar-refractivity contribution < 1.29 is 14.6 Å². The molecular weight excluding hydrogens is 254 g/mol. The van der Waals surface area contributed by atoms with Crippen LogP contribution in [0.25, 0.3) is 0 Å². The molecule has 0 bridgehead atoms. The lowest BCUT2D eigenvalue weighted by Crippen LogP contribution is -2.40. The molecule has 2 N–H and O–H groups in total. The summed E-state index contributed by atoms with van der Waals surface area (Å²) < 4.78 is 5.23. The Morgan fingerprint density at radius 3 is 2.45 bits per heavy atom. The minimum atomic E-state index is -0.721. The van der Waals surface area contributed by atoms with Gasteiger partial charge in [-0.3, -0.25) is 4.79 Å². The van der Waals surface area contributed by atoms with E-state index in [0.29, 0.717) is 25.9 Å². The topological polar surface area (TPSA) is 58.6 Å². The van der Waals surface area contributed by atoms with E-state index in [2.05, 4.69) is 11.4 Å². The van der Waals surface area contributed by atoms with E-state index in [4.69, 9.17) is 4.74 Å². The molecule has 4 heteroatoms. The Balaban J connectivity index is 2.63. The molecule has 112 valence electrons. The highest BCUT2D eigenvalue weighted by atomic mass is 16.5. The molecule has 0 fully saturated rings. The molecule has 0 atom stereocenters. The molecule has 0 radical (unpaired) electrons. The lowest BCUT2D eigenvalue weighted by atomic mass is 9.82. The number of ether oxygens (including phenoxy) is 1. The number of carboxylic acids is 1. The highest BCUT2D eigenvalue weighted by Gasteiger charge is 2.34. The highest BCUT2D eigenvalue weighted by Crippen LogP contribution is 2.26. The first-order valence-corrected chi connectivity index (χ1v) is 7.06. The molecule has 0 aliphatic rings. The highest BCUT2D eigenvalue weighted by molar-refractivity contribution is 5.74. The van der Waals surface area contributed by atoms with Gasteiger partial charge >= 0.3 is 5.97 Å². The van der Waals surface area contributed by atoms with Crippen molar-refractivity contribution in [3.63, 3.8) is 0 Å². The average molecular weight is 279 g/mol. The molecule has 1 aromatic carbocycles. The van der Waals surface area contributed by atoms with E-state index >= 15 is 0 Å². The summed E-state index contributed by atoms with van der Waals surface area (Å²) in [5.41, 5.74) is 1.55. The van der Waals surface area contributed by atoms with Crippen molar-refractivity contribution in [1.29, 1.82) is 0 Å². The van der Waals surface area contributed by atoms with Crippen LogP contribution in [0.5, 0.6) is 5.75 Å². The third kappa shape index (κ3) is 3.73. The van der Waals surface area contributed by atoms with Crippen molar-refractivity contribution >= 4 is 5.97 Å². The lowest BCUT2D eigenvalue weighted by molar-refractivity contribution is -0.149. The molecule has 0 aliphatic heterocycles. The van der Waals surface area contributed by atoms with Crippen LogP contribution in [0.15, 0.2) is 18.2 Å². The third-order valence-electron chi connectivity index (χ3n) is 4.06. The molecule has 4 nitrogen and oxygen atoms in total. The maximum Gasteiger partial charge on any atom is 0.310 e. The fourth-order valence-corrected chi connectivity index (χ4v) is 2.37. The summed E-state index contributed by atoms with van der Waals surface area (Å²) >= 11 is 0. The van der Waals surface area contributed by atoms with Gasteiger partial charge in [-0.2, -0.15) is 0 Å². The van der Waals surface area contributed by atoms with Gasteiger partial charge < -0.3 is 15.2 Å². The van der Waals surface area contributed by atoms with Gasteiger partial charge in [0.25, 0.3) is 0 Å². The van der Waals surface area contributed by atoms with Crippen LogP contribution in [0, 0.1) is 12.3 Å². The van der Waals surface area contributed by atoms with Crippen LogP contribution in [0.1, 0.15) is 37.8 Å². The van der Waals surface area contributed by atoms with Gasteiger partial charge in [-0.05, 0) is 37.0 Å². The summed E-state index contributed by atoms with van der Waals surface area (Å²) in [4.78, 5) is 11.4. The van der Waals surface area contributed by atoms with Gasteiger partial charge in [0, 0.05) is 13.1 Å². The zero-order valence-corrected chi connectivity index (χ0v) is 12.8. The zero-order chi connectivity index (χ0) is 15.2. The first-order chi connectivity index (χ1) is 9.49. The number of benzene rings is 1. The van der Waals surface area contributed by atoms with Crippen LogP contribution in [-0.2, 0) is 11.3 Å². The Labute approximate surface area is 121 Å². The minimum absolute atomic E-state index is 0.487. The number of nitrogens with one attached hydrogen (secondary N) is 1. The standard InChI is InChI=1S/C16H25NO3/c1-5-16(6-2,15(18)19)11-17-10-13-7-8-14(20-4)12(3)9-13/h7-9,17H,5-6,10-11H2,1-4H3,(H,18,19). The number of aryl methyl sites for hydroxylation is 1. The summed E-state index contributed by atoms with van der Waals surface area (Å²) in [6, 6.07) is 6.00. The summed E-state index contributed by atoms with van der Waals surface area (Å²) in [7, 11) is 1.66. The second-order valence-corrected chi connectivity index (χ2v) is 5.20. The maximum atomic E-state index is 11.4. The fourth-order valence-electron chi connectivity index (χ4n) is 2.37. The number of carbonyl (C=O) groups is 1. The molecule has 0 saturated carbocycles. The van der Waals surface area contributed by atoms with E-state index < -0.39 is 11.4 Å². The minimum Gasteiger partial charge on any atom is -0.496 e. The molecule has 0 aromatic heterocycles. The third-order valence-corrected chi connectivity index (χ3v) is 4.06. The van der Waals surface area contributed by atoms with Crippen molar-refractivity contribution in [2.75, 3.05) is 13.7 Å². The Morgan fingerprint density at radius 1 is 1.35 bits per heavy atom. The molecule has 0 heterocycles. The normalized spacial score (nSPS) is 11.4. The fraction of sp³-hybridized carbons (Fsp3) is 0.562. The quantitative estimate of drug-likeness (QED) is 0.768. The monoisotopic (exact) mass is 279 g/mol. The summed E-state index contributed by atoms with van der Waals surface area (Å²) in [5, 5.41) is 12.6. The van der Waals surface area contributed by atoms with Crippen molar-refractivity contribution in [1.82, 2.24) is 5.32 Å². The predicted molar refractivity (Wildman–Crippen MR) is 80.1 cm³/mol. The van der Waals surface area contributed by atoms with Gasteiger partial charge in [0.1, 0.15) is 5.75 Å². The molecule has 0 spiro atoms. The van der Waals surface area contributed by atoms with Crippen LogP contribution in [0.4, 0.5) is 0 Å². The number of hydrogen-bond donors (Lipinski definition) is 2. The maximum absolute atomic E-state index is 11.4. The second kappa shape index (κ2) is 7.29. The Bertz CT molecular complexity index is 453. The molecule has 20 heavy (non-hydrogen) atoms. The van der Waals surface area contributed by atoms with E-state index in [9.17, 15) is 9.90 Å². The van der Waals surface area contributed by atoms with Crippen LogP contribution < -0.4 is 10.1 Å². The Kier molecular flexibility index (Phi) is 6.02. The molecule has 0 saturated heterocycles. The zero-order valence-electron chi connectivity index (χ0n) is 12.8. The average Bonchev–Trinajstić information content (AvgIpc) is 2.44. The van der Waals surface area contributed by atoms with Gasteiger partial charge in [0.2, 0.25) is 0 Å². The van der Waals surface area contributed by atoms with Gasteiger partial charge in [-0.1, -0.05) is 26.0 Å². The molecule has 0 unspecified atom stereocenters. The first kappa shape index (κ1) is 16.5. The SMILES string of the molecule is CCC(CC)(CNCc1ccc(OC)c(C)c1)C(=O)O. The molecular formula is C16H25NO3. The number of carboxylic acid groups (broad SMARTS) is 1. The van der Waals surface area contributed by atoms with E-state index in [1.165, 1.54) is 0 Å². The Morgan fingerprint density at radius 2 is 2.00 bits per heavy atom. The van der Waals surface area contributed by atoms with Crippen LogP contribution in [0.2, 0.25) is 0 Å². The molecule has 1 rings (SSSR count). The number of rotatable bonds is 8. The summed E-state index contributed by atoms with van der Waals surface area (Å²) in [6.07, 6.45) is 1.26. The molecule has 1 aromatic rings. The number of hydrogen-bond acceptors (Lipinski definition) is 3. The second-order valence-electron chi connectivity index (χ2n) is 5.20. The van der Waals surface area contributed by atoms with Crippen molar-refractivity contribution in [3.05, 3.63) is 29.3 Å².